The molecule has 1 aromatic heterocycles. The molecule has 0 saturated carbocycles. The van der Waals surface area contributed by atoms with Gasteiger partial charge in [0.25, 0.3) is 5.91 Å². The second-order valence-electron chi connectivity index (χ2n) is 6.53. The molecule has 1 amide bonds. The van der Waals surface area contributed by atoms with Crippen molar-refractivity contribution in [2.75, 3.05) is 18.0 Å². The van der Waals surface area contributed by atoms with E-state index in [1.165, 1.54) is 5.56 Å². The average molecular weight is 394 g/mol. The molecule has 0 radical (unpaired) electrons. The molecule has 3 aromatic rings. The molecule has 28 heavy (non-hydrogen) atoms. The lowest BCUT2D eigenvalue weighted by Gasteiger charge is -2.23. The highest BCUT2D eigenvalue weighted by molar-refractivity contribution is 6.30. The van der Waals surface area contributed by atoms with Crippen LogP contribution in [0.15, 0.2) is 72.9 Å². The average Bonchev–Trinajstić information content (AvgIpc) is 2.74. The normalized spacial score (nSPS) is 10.5. The summed E-state index contributed by atoms with van der Waals surface area (Å²) in [5.41, 5.74) is 3.78. The largest absolute Gasteiger partial charge is 0.367 e. The maximum absolute atomic E-state index is 12.5. The summed E-state index contributed by atoms with van der Waals surface area (Å²) in [4.78, 5) is 19.0. The van der Waals surface area contributed by atoms with Gasteiger partial charge in [0, 0.05) is 36.5 Å². The van der Waals surface area contributed by atoms with E-state index >= 15 is 0 Å². The predicted octanol–water partition coefficient (Wildman–Crippen LogP) is 4.73. The van der Waals surface area contributed by atoms with Crippen LogP contribution < -0.4 is 10.2 Å². The van der Waals surface area contributed by atoms with Crippen molar-refractivity contribution in [3.8, 4) is 0 Å². The van der Waals surface area contributed by atoms with Gasteiger partial charge < -0.3 is 10.2 Å². The van der Waals surface area contributed by atoms with Gasteiger partial charge in [0.15, 0.2) is 0 Å². The SMILES string of the molecule is CCN(Cc1ccccc1)c1ccnc(C(=O)NCCc2ccc(Cl)cc2)c1. The van der Waals surface area contributed by atoms with Crippen molar-refractivity contribution in [2.45, 2.75) is 19.9 Å². The Morgan fingerprint density at radius 2 is 1.79 bits per heavy atom. The first kappa shape index (κ1) is 19.9. The highest BCUT2D eigenvalue weighted by Crippen LogP contribution is 2.17. The fourth-order valence-corrected chi connectivity index (χ4v) is 3.12. The van der Waals surface area contributed by atoms with Crippen LogP contribution >= 0.6 is 11.6 Å². The number of amides is 1. The second kappa shape index (κ2) is 9.90. The number of rotatable bonds is 8. The van der Waals surface area contributed by atoms with E-state index in [2.05, 4.69) is 34.3 Å². The van der Waals surface area contributed by atoms with Crippen molar-refractivity contribution < 1.29 is 4.79 Å². The van der Waals surface area contributed by atoms with E-state index in [0.717, 1.165) is 30.8 Å². The molecule has 144 valence electrons. The first-order chi connectivity index (χ1) is 13.7. The number of hydrogen-bond donors (Lipinski definition) is 1. The summed E-state index contributed by atoms with van der Waals surface area (Å²) in [7, 11) is 0. The third kappa shape index (κ3) is 5.57. The first-order valence-corrected chi connectivity index (χ1v) is 9.81. The molecule has 3 rings (SSSR count). The number of nitrogens with zero attached hydrogens (tertiary/aromatic N) is 2. The number of hydrogen-bond acceptors (Lipinski definition) is 3. The van der Waals surface area contributed by atoms with Gasteiger partial charge in [-0.25, -0.2) is 0 Å². The smallest absolute Gasteiger partial charge is 0.269 e. The standard InChI is InChI=1S/C23H24ClN3O/c1-2-27(17-19-6-4-3-5-7-19)21-13-15-25-22(16-21)23(28)26-14-12-18-8-10-20(24)11-9-18/h3-11,13,15-16H,2,12,14,17H2,1H3,(H,26,28). The van der Waals surface area contributed by atoms with E-state index < -0.39 is 0 Å². The molecule has 0 unspecified atom stereocenters. The summed E-state index contributed by atoms with van der Waals surface area (Å²) < 4.78 is 0. The number of anilines is 1. The molecule has 4 nitrogen and oxygen atoms in total. The maximum Gasteiger partial charge on any atom is 0.269 e. The topological polar surface area (TPSA) is 45.2 Å². The zero-order chi connectivity index (χ0) is 19.8. The summed E-state index contributed by atoms with van der Waals surface area (Å²) in [6.45, 7) is 4.29. The van der Waals surface area contributed by atoms with Crippen molar-refractivity contribution in [3.63, 3.8) is 0 Å². The number of benzene rings is 2. The van der Waals surface area contributed by atoms with Gasteiger partial charge in [-0.1, -0.05) is 54.1 Å². The lowest BCUT2D eigenvalue weighted by molar-refractivity contribution is 0.0949. The second-order valence-corrected chi connectivity index (χ2v) is 6.97. The fourth-order valence-electron chi connectivity index (χ4n) is 2.99. The molecule has 0 aliphatic rings. The van der Waals surface area contributed by atoms with Crippen LogP contribution in [-0.2, 0) is 13.0 Å². The van der Waals surface area contributed by atoms with Crippen LogP contribution in [0.2, 0.25) is 5.02 Å². The van der Waals surface area contributed by atoms with E-state index in [4.69, 9.17) is 11.6 Å². The molecule has 0 bridgehead atoms. The zero-order valence-corrected chi connectivity index (χ0v) is 16.7. The molecule has 1 heterocycles. The number of carbonyl (C=O) groups excluding carboxylic acids is 1. The van der Waals surface area contributed by atoms with Crippen LogP contribution in [0.5, 0.6) is 0 Å². The molecule has 0 aliphatic heterocycles. The van der Waals surface area contributed by atoms with Crippen molar-refractivity contribution in [3.05, 3.63) is 94.8 Å². The van der Waals surface area contributed by atoms with Gasteiger partial charge in [0.1, 0.15) is 5.69 Å². The van der Waals surface area contributed by atoms with Crippen LogP contribution in [0.4, 0.5) is 5.69 Å². The van der Waals surface area contributed by atoms with Crippen molar-refractivity contribution in [1.29, 1.82) is 0 Å². The number of aromatic nitrogens is 1. The number of carbonyl (C=O) groups is 1. The van der Waals surface area contributed by atoms with Gasteiger partial charge in [0.2, 0.25) is 0 Å². The Labute approximate surface area is 171 Å². The highest BCUT2D eigenvalue weighted by atomic mass is 35.5. The van der Waals surface area contributed by atoms with Gasteiger partial charge in [0.05, 0.1) is 0 Å². The lowest BCUT2D eigenvalue weighted by atomic mass is 10.1. The first-order valence-electron chi connectivity index (χ1n) is 9.43. The summed E-state index contributed by atoms with van der Waals surface area (Å²) in [5.74, 6) is -0.161. The molecule has 0 spiro atoms. The Hall–Kier alpha value is -2.85. The maximum atomic E-state index is 12.5. The lowest BCUT2D eigenvalue weighted by Crippen LogP contribution is -2.27. The van der Waals surface area contributed by atoms with Crippen molar-refractivity contribution in [1.82, 2.24) is 10.3 Å². The molecule has 0 fully saturated rings. The van der Waals surface area contributed by atoms with Gasteiger partial charge in [-0.2, -0.15) is 0 Å². The van der Waals surface area contributed by atoms with E-state index in [-0.39, 0.29) is 5.91 Å². The van der Waals surface area contributed by atoms with E-state index in [1.807, 2.05) is 54.6 Å². The van der Waals surface area contributed by atoms with Crippen molar-refractivity contribution in [2.24, 2.45) is 0 Å². The monoisotopic (exact) mass is 393 g/mol. The predicted molar refractivity (Wildman–Crippen MR) is 115 cm³/mol. The van der Waals surface area contributed by atoms with Crippen LogP contribution in [0.25, 0.3) is 0 Å². The van der Waals surface area contributed by atoms with Gasteiger partial charge in [-0.15, -0.1) is 0 Å². The fraction of sp³-hybridized carbons (Fsp3) is 0.217. The van der Waals surface area contributed by atoms with E-state index in [1.54, 1.807) is 6.20 Å². The van der Waals surface area contributed by atoms with Gasteiger partial charge >= 0.3 is 0 Å². The third-order valence-corrected chi connectivity index (χ3v) is 4.80. The summed E-state index contributed by atoms with van der Waals surface area (Å²) in [6, 6.07) is 21.7. The summed E-state index contributed by atoms with van der Waals surface area (Å²) >= 11 is 5.90. The van der Waals surface area contributed by atoms with Crippen LogP contribution in [0.1, 0.15) is 28.5 Å². The van der Waals surface area contributed by atoms with Crippen LogP contribution in [0.3, 0.4) is 0 Å². The van der Waals surface area contributed by atoms with Crippen molar-refractivity contribution >= 4 is 23.2 Å². The molecular formula is C23H24ClN3O. The quantitative estimate of drug-likeness (QED) is 0.601. The molecule has 1 N–H and O–H groups in total. The minimum Gasteiger partial charge on any atom is -0.367 e. The minimum atomic E-state index is -0.161. The molecule has 0 saturated heterocycles. The Morgan fingerprint density at radius 1 is 1.04 bits per heavy atom. The van der Waals surface area contributed by atoms with Crippen LogP contribution in [-0.4, -0.2) is 24.0 Å². The third-order valence-electron chi connectivity index (χ3n) is 4.55. The molecule has 0 aliphatic carbocycles. The Kier molecular flexibility index (Phi) is 7.04. The number of pyridine rings is 1. The number of nitrogens with one attached hydrogen (secondary N) is 1. The number of halogens is 1. The summed E-state index contributed by atoms with van der Waals surface area (Å²) in [5, 5.41) is 3.66. The molecule has 5 heteroatoms. The Balaban J connectivity index is 1.61. The molecule has 0 atom stereocenters. The van der Waals surface area contributed by atoms with Crippen LogP contribution in [0, 0.1) is 0 Å². The molecular weight excluding hydrogens is 370 g/mol. The molecule has 2 aromatic carbocycles. The summed E-state index contributed by atoms with van der Waals surface area (Å²) in [6.07, 6.45) is 2.44. The Bertz CT molecular complexity index is 897. The minimum absolute atomic E-state index is 0.161. The van der Waals surface area contributed by atoms with Gasteiger partial charge in [-0.3, -0.25) is 9.78 Å². The van der Waals surface area contributed by atoms with E-state index in [9.17, 15) is 4.79 Å². The van der Waals surface area contributed by atoms with E-state index in [0.29, 0.717) is 17.3 Å². The zero-order valence-electron chi connectivity index (χ0n) is 15.9. The Morgan fingerprint density at radius 3 is 2.50 bits per heavy atom. The van der Waals surface area contributed by atoms with Gasteiger partial charge in [-0.05, 0) is 48.7 Å². The highest BCUT2D eigenvalue weighted by Gasteiger charge is 2.11.